The molecule has 0 rings (SSSR count). The van der Waals surface area contributed by atoms with Crippen molar-refractivity contribution in [1.29, 1.82) is 0 Å². The summed E-state index contributed by atoms with van der Waals surface area (Å²) < 4.78 is 0. The van der Waals surface area contributed by atoms with Gasteiger partial charge in [-0.1, -0.05) is 86.4 Å². The Morgan fingerprint density at radius 3 is 1.56 bits per heavy atom. The van der Waals surface area contributed by atoms with Gasteiger partial charge in [-0.15, -0.1) is 0 Å². The first-order chi connectivity index (χ1) is 8.91. The largest absolute Gasteiger partial charge is 0.0928 e. The van der Waals surface area contributed by atoms with Crippen LogP contribution in [0.3, 0.4) is 0 Å². The van der Waals surface area contributed by atoms with Crippen LogP contribution in [0.15, 0.2) is 12.2 Å². The fourth-order valence-electron chi connectivity index (χ4n) is 2.17. The zero-order valence-electron chi connectivity index (χ0n) is 12.4. The van der Waals surface area contributed by atoms with Crippen molar-refractivity contribution < 1.29 is 0 Å². The number of alkyl halides is 1. The monoisotopic (exact) mass is 316 g/mol. The van der Waals surface area contributed by atoms with E-state index in [0.717, 1.165) is 5.33 Å². The molecule has 18 heavy (non-hydrogen) atoms. The highest BCUT2D eigenvalue weighted by Gasteiger charge is 1.91. The molecule has 0 radical (unpaired) electrons. The van der Waals surface area contributed by atoms with Gasteiger partial charge >= 0.3 is 0 Å². The minimum Gasteiger partial charge on any atom is -0.0928 e. The van der Waals surface area contributed by atoms with Gasteiger partial charge < -0.3 is 0 Å². The van der Waals surface area contributed by atoms with Gasteiger partial charge in [-0.25, -0.2) is 0 Å². The number of hydrogen-bond donors (Lipinski definition) is 0. The Kier molecular flexibility index (Phi) is 17.4. The summed E-state index contributed by atoms with van der Waals surface area (Å²) in [4.78, 5) is 0. The Morgan fingerprint density at radius 2 is 1.06 bits per heavy atom. The summed E-state index contributed by atoms with van der Waals surface area (Å²) in [6.45, 7) is 2.29. The molecule has 0 aromatic heterocycles. The summed E-state index contributed by atoms with van der Waals surface area (Å²) in [5.41, 5.74) is 0. The first kappa shape index (κ1) is 18.2. The summed E-state index contributed by atoms with van der Waals surface area (Å²) in [5.74, 6) is 0. The maximum Gasteiger partial charge on any atom is 0.00314 e. The molecule has 0 fully saturated rings. The molecular weight excluding hydrogens is 284 g/mol. The van der Waals surface area contributed by atoms with Crippen molar-refractivity contribution >= 4 is 15.9 Å². The lowest BCUT2D eigenvalue weighted by molar-refractivity contribution is 0.566. The minimum atomic E-state index is 1.15. The van der Waals surface area contributed by atoms with E-state index in [2.05, 4.69) is 35.0 Å². The van der Waals surface area contributed by atoms with Crippen molar-refractivity contribution in [2.24, 2.45) is 0 Å². The SMILES string of the molecule is CCCCCCCCCCC/C=C/CCCCBr. The third-order valence-electron chi connectivity index (χ3n) is 3.40. The predicted molar refractivity (Wildman–Crippen MR) is 88.6 cm³/mol. The number of rotatable bonds is 14. The molecule has 0 bridgehead atoms. The Balaban J connectivity index is 2.98. The zero-order chi connectivity index (χ0) is 13.3. The Labute approximate surface area is 124 Å². The molecule has 0 saturated carbocycles. The van der Waals surface area contributed by atoms with E-state index >= 15 is 0 Å². The molecule has 0 heterocycles. The van der Waals surface area contributed by atoms with Crippen LogP contribution in [0, 0.1) is 0 Å². The molecular formula is C17H33Br. The average molecular weight is 317 g/mol. The normalized spacial score (nSPS) is 11.4. The van der Waals surface area contributed by atoms with Gasteiger partial charge in [-0.3, -0.25) is 0 Å². The number of halogens is 1. The smallest absolute Gasteiger partial charge is 0.00314 e. The molecule has 0 saturated heterocycles. The molecule has 108 valence electrons. The number of unbranched alkanes of at least 4 members (excludes halogenated alkanes) is 11. The minimum absolute atomic E-state index is 1.15. The van der Waals surface area contributed by atoms with Gasteiger partial charge in [0, 0.05) is 5.33 Å². The number of hydrogen-bond acceptors (Lipinski definition) is 0. The van der Waals surface area contributed by atoms with Crippen LogP contribution in [0.5, 0.6) is 0 Å². The molecule has 0 aliphatic heterocycles. The van der Waals surface area contributed by atoms with E-state index in [1.54, 1.807) is 0 Å². The second kappa shape index (κ2) is 17.2. The standard InChI is InChI=1S/C17H33Br/c1-2-3-4-5-6-7-8-9-10-11-12-13-14-15-16-17-18/h12-13H,2-11,14-17H2,1H3/b13-12+. The molecule has 0 unspecified atom stereocenters. The summed E-state index contributed by atoms with van der Waals surface area (Å²) >= 11 is 3.46. The maximum atomic E-state index is 3.46. The summed E-state index contributed by atoms with van der Waals surface area (Å²) in [7, 11) is 0. The lowest BCUT2D eigenvalue weighted by Crippen LogP contribution is -1.80. The van der Waals surface area contributed by atoms with Gasteiger partial charge in [0.15, 0.2) is 0 Å². The average Bonchev–Trinajstić information content (AvgIpc) is 2.39. The van der Waals surface area contributed by atoms with E-state index in [4.69, 9.17) is 0 Å². The highest BCUT2D eigenvalue weighted by Crippen LogP contribution is 2.10. The van der Waals surface area contributed by atoms with Crippen molar-refractivity contribution in [3.8, 4) is 0 Å². The second-order valence-corrected chi connectivity index (χ2v) is 6.07. The van der Waals surface area contributed by atoms with E-state index in [1.807, 2.05) is 0 Å². The van der Waals surface area contributed by atoms with E-state index in [-0.39, 0.29) is 0 Å². The van der Waals surface area contributed by atoms with Crippen LogP contribution in [-0.4, -0.2) is 5.33 Å². The Hall–Kier alpha value is 0.220. The first-order valence-electron chi connectivity index (χ1n) is 8.12. The van der Waals surface area contributed by atoms with Crippen LogP contribution >= 0.6 is 15.9 Å². The van der Waals surface area contributed by atoms with Crippen LogP contribution in [0.4, 0.5) is 0 Å². The fourth-order valence-corrected chi connectivity index (χ4v) is 2.56. The Bertz CT molecular complexity index is 163. The summed E-state index contributed by atoms with van der Waals surface area (Å²) in [6, 6.07) is 0. The van der Waals surface area contributed by atoms with Crippen LogP contribution < -0.4 is 0 Å². The number of allylic oxidation sites excluding steroid dienone is 2. The molecule has 0 aromatic carbocycles. The molecule has 0 N–H and O–H groups in total. The molecule has 0 amide bonds. The highest BCUT2D eigenvalue weighted by atomic mass is 79.9. The van der Waals surface area contributed by atoms with Crippen LogP contribution in [0.25, 0.3) is 0 Å². The summed E-state index contributed by atoms with van der Waals surface area (Å²) in [5, 5.41) is 1.15. The van der Waals surface area contributed by atoms with Gasteiger partial charge in [0.2, 0.25) is 0 Å². The topological polar surface area (TPSA) is 0 Å². The quantitative estimate of drug-likeness (QED) is 0.183. The van der Waals surface area contributed by atoms with E-state index in [0.29, 0.717) is 0 Å². The van der Waals surface area contributed by atoms with Crippen molar-refractivity contribution in [1.82, 2.24) is 0 Å². The molecule has 1 heteroatoms. The summed E-state index contributed by atoms with van der Waals surface area (Å²) in [6.07, 6.45) is 22.8. The fraction of sp³-hybridized carbons (Fsp3) is 0.882. The van der Waals surface area contributed by atoms with E-state index in [9.17, 15) is 0 Å². The molecule has 0 nitrogen and oxygen atoms in total. The third-order valence-corrected chi connectivity index (χ3v) is 3.96. The molecule has 0 aromatic rings. The van der Waals surface area contributed by atoms with Crippen LogP contribution in [0.1, 0.15) is 90.4 Å². The second-order valence-electron chi connectivity index (χ2n) is 5.27. The van der Waals surface area contributed by atoms with Gasteiger partial charge in [0.1, 0.15) is 0 Å². The van der Waals surface area contributed by atoms with Crippen molar-refractivity contribution in [2.75, 3.05) is 5.33 Å². The van der Waals surface area contributed by atoms with Crippen LogP contribution in [0.2, 0.25) is 0 Å². The molecule has 0 aliphatic carbocycles. The zero-order valence-corrected chi connectivity index (χ0v) is 14.0. The predicted octanol–water partition coefficient (Wildman–Crippen LogP) is 7.03. The van der Waals surface area contributed by atoms with E-state index < -0.39 is 0 Å². The van der Waals surface area contributed by atoms with Gasteiger partial charge in [0.05, 0.1) is 0 Å². The van der Waals surface area contributed by atoms with Crippen molar-refractivity contribution in [3.05, 3.63) is 12.2 Å². The molecule has 0 aliphatic rings. The van der Waals surface area contributed by atoms with Gasteiger partial charge in [-0.2, -0.15) is 0 Å². The maximum absolute atomic E-state index is 3.46. The van der Waals surface area contributed by atoms with Gasteiger partial charge in [0.25, 0.3) is 0 Å². The van der Waals surface area contributed by atoms with E-state index in [1.165, 1.54) is 83.5 Å². The highest BCUT2D eigenvalue weighted by molar-refractivity contribution is 9.09. The third kappa shape index (κ3) is 16.2. The van der Waals surface area contributed by atoms with Gasteiger partial charge in [-0.05, 0) is 32.1 Å². The lowest BCUT2D eigenvalue weighted by atomic mass is 10.1. The van der Waals surface area contributed by atoms with Crippen molar-refractivity contribution in [3.63, 3.8) is 0 Å². The van der Waals surface area contributed by atoms with Crippen molar-refractivity contribution in [2.45, 2.75) is 90.4 Å². The Morgan fingerprint density at radius 1 is 0.611 bits per heavy atom. The lowest BCUT2D eigenvalue weighted by Gasteiger charge is -2.00. The first-order valence-corrected chi connectivity index (χ1v) is 9.25. The molecule has 0 atom stereocenters. The van der Waals surface area contributed by atoms with Crippen LogP contribution in [-0.2, 0) is 0 Å². The molecule has 0 spiro atoms.